The summed E-state index contributed by atoms with van der Waals surface area (Å²) < 4.78 is 0. The number of hydrogen-bond acceptors (Lipinski definition) is 3. The van der Waals surface area contributed by atoms with E-state index in [0.29, 0.717) is 5.92 Å². The molecule has 1 unspecified atom stereocenters. The molecule has 0 radical (unpaired) electrons. The zero-order valence-electron chi connectivity index (χ0n) is 11.2. The van der Waals surface area contributed by atoms with Gasteiger partial charge in [-0.05, 0) is 43.2 Å². The summed E-state index contributed by atoms with van der Waals surface area (Å²) in [5.74, 6) is 2.99. The molecule has 1 aliphatic heterocycles. The summed E-state index contributed by atoms with van der Waals surface area (Å²) in [7, 11) is 0. The van der Waals surface area contributed by atoms with Crippen LogP contribution in [0.1, 0.15) is 22.7 Å². The summed E-state index contributed by atoms with van der Waals surface area (Å²) in [6.45, 7) is 4.21. The van der Waals surface area contributed by atoms with E-state index < -0.39 is 0 Å². The second-order valence-corrected chi connectivity index (χ2v) is 7.08. The molecule has 1 aliphatic rings. The van der Waals surface area contributed by atoms with Gasteiger partial charge in [0.15, 0.2) is 0 Å². The predicted molar refractivity (Wildman–Crippen MR) is 84.3 cm³/mol. The lowest BCUT2D eigenvalue weighted by Gasteiger charge is -2.10. The first-order valence-electron chi connectivity index (χ1n) is 6.52. The Hall–Kier alpha value is -0.930. The van der Waals surface area contributed by atoms with Gasteiger partial charge in [0, 0.05) is 28.0 Å². The van der Waals surface area contributed by atoms with Crippen LogP contribution in [0.25, 0.3) is 0 Å². The maximum atomic E-state index is 4.61. The molecule has 3 heteroatoms. The van der Waals surface area contributed by atoms with E-state index >= 15 is 0 Å². The van der Waals surface area contributed by atoms with E-state index in [-0.39, 0.29) is 0 Å². The zero-order valence-corrected chi connectivity index (χ0v) is 12.9. The van der Waals surface area contributed by atoms with Gasteiger partial charge >= 0.3 is 0 Å². The summed E-state index contributed by atoms with van der Waals surface area (Å²) in [5, 5.41) is 1.16. The number of benzene rings is 1. The van der Waals surface area contributed by atoms with Crippen molar-refractivity contribution in [3.8, 4) is 0 Å². The molecule has 0 saturated carbocycles. The van der Waals surface area contributed by atoms with Gasteiger partial charge in [-0.2, -0.15) is 0 Å². The van der Waals surface area contributed by atoms with E-state index in [9.17, 15) is 0 Å². The van der Waals surface area contributed by atoms with Gasteiger partial charge in [0.05, 0.1) is 5.03 Å². The van der Waals surface area contributed by atoms with Gasteiger partial charge in [-0.1, -0.05) is 18.2 Å². The van der Waals surface area contributed by atoms with Crippen molar-refractivity contribution in [1.82, 2.24) is 4.98 Å². The maximum absolute atomic E-state index is 4.61. The molecule has 3 rings (SSSR count). The van der Waals surface area contributed by atoms with Crippen LogP contribution >= 0.6 is 23.5 Å². The molecule has 0 bridgehead atoms. The smallest absolute Gasteiger partial charge is 0.0965 e. The van der Waals surface area contributed by atoms with Gasteiger partial charge in [-0.25, -0.2) is 4.98 Å². The first-order chi connectivity index (χ1) is 9.22. The van der Waals surface area contributed by atoms with Gasteiger partial charge in [-0.15, -0.1) is 23.5 Å². The minimum atomic E-state index is 0.661. The van der Waals surface area contributed by atoms with Crippen molar-refractivity contribution < 1.29 is 0 Å². The third kappa shape index (κ3) is 2.98. The minimum absolute atomic E-state index is 0.661. The van der Waals surface area contributed by atoms with Crippen LogP contribution in [0.4, 0.5) is 0 Å². The van der Waals surface area contributed by atoms with Crippen molar-refractivity contribution in [2.45, 2.75) is 29.7 Å². The van der Waals surface area contributed by atoms with Crippen molar-refractivity contribution in [3.05, 3.63) is 53.2 Å². The van der Waals surface area contributed by atoms with Crippen LogP contribution in [0.15, 0.2) is 46.3 Å². The monoisotopic (exact) mass is 287 g/mol. The number of hydrogen-bond donors (Lipinski definition) is 0. The molecule has 0 fully saturated rings. The lowest BCUT2D eigenvalue weighted by atomic mass is 10.0. The number of thioether (sulfide) groups is 2. The van der Waals surface area contributed by atoms with Gasteiger partial charge < -0.3 is 0 Å². The summed E-state index contributed by atoms with van der Waals surface area (Å²) in [6, 6.07) is 13.1. The van der Waals surface area contributed by atoms with Crippen molar-refractivity contribution in [2.75, 3.05) is 11.5 Å². The average molecular weight is 287 g/mol. The van der Waals surface area contributed by atoms with E-state index in [0.717, 1.165) is 16.5 Å². The van der Waals surface area contributed by atoms with Crippen LogP contribution in [-0.4, -0.2) is 16.5 Å². The zero-order chi connectivity index (χ0) is 13.2. The molecule has 1 aromatic heterocycles. The Balaban J connectivity index is 1.70. The minimum Gasteiger partial charge on any atom is -0.247 e. The average Bonchev–Trinajstić information content (AvgIpc) is 2.78. The molecule has 0 amide bonds. The molecular weight excluding hydrogens is 270 g/mol. The largest absolute Gasteiger partial charge is 0.247 e. The van der Waals surface area contributed by atoms with E-state index in [1.807, 2.05) is 23.5 Å². The van der Waals surface area contributed by atoms with Crippen LogP contribution in [0, 0.1) is 13.8 Å². The SMILES string of the molecule is Cc1cc(C)nc(SCC2CSc3ccccc32)c1. The van der Waals surface area contributed by atoms with Gasteiger partial charge in [-0.3, -0.25) is 0 Å². The van der Waals surface area contributed by atoms with Gasteiger partial charge in [0.25, 0.3) is 0 Å². The third-order valence-electron chi connectivity index (χ3n) is 3.31. The topological polar surface area (TPSA) is 12.9 Å². The molecule has 1 nitrogen and oxygen atoms in total. The number of nitrogens with zero attached hydrogens (tertiary/aromatic N) is 1. The van der Waals surface area contributed by atoms with Crippen molar-refractivity contribution in [1.29, 1.82) is 0 Å². The highest BCUT2D eigenvalue weighted by Crippen LogP contribution is 2.41. The second-order valence-electron chi connectivity index (χ2n) is 4.98. The van der Waals surface area contributed by atoms with Gasteiger partial charge in [0.2, 0.25) is 0 Å². The van der Waals surface area contributed by atoms with E-state index in [4.69, 9.17) is 0 Å². The molecule has 1 atom stereocenters. The van der Waals surface area contributed by atoms with Crippen LogP contribution < -0.4 is 0 Å². The number of fused-ring (bicyclic) bond motifs is 1. The highest BCUT2D eigenvalue weighted by atomic mass is 32.2. The molecule has 0 spiro atoms. The van der Waals surface area contributed by atoms with E-state index in [2.05, 4.69) is 55.2 Å². The summed E-state index contributed by atoms with van der Waals surface area (Å²) in [6.07, 6.45) is 0. The summed E-state index contributed by atoms with van der Waals surface area (Å²) >= 11 is 3.87. The highest BCUT2D eigenvalue weighted by molar-refractivity contribution is 8.00. The van der Waals surface area contributed by atoms with Crippen molar-refractivity contribution in [2.24, 2.45) is 0 Å². The number of pyridine rings is 1. The highest BCUT2D eigenvalue weighted by Gasteiger charge is 2.22. The maximum Gasteiger partial charge on any atom is 0.0965 e. The Kier molecular flexibility index (Phi) is 3.85. The van der Waals surface area contributed by atoms with Crippen molar-refractivity contribution in [3.63, 3.8) is 0 Å². The molecule has 2 aromatic rings. The third-order valence-corrected chi connectivity index (χ3v) is 5.63. The summed E-state index contributed by atoms with van der Waals surface area (Å²) in [5.41, 5.74) is 3.93. The first-order valence-corrected chi connectivity index (χ1v) is 8.49. The Labute approximate surface area is 123 Å². The van der Waals surface area contributed by atoms with Crippen LogP contribution in [0.5, 0.6) is 0 Å². The Morgan fingerprint density at radius 1 is 1.26 bits per heavy atom. The first kappa shape index (κ1) is 13.1. The number of aryl methyl sites for hydroxylation is 2. The normalized spacial score (nSPS) is 17.5. The van der Waals surface area contributed by atoms with E-state index in [1.165, 1.54) is 21.8 Å². The quantitative estimate of drug-likeness (QED) is 0.761. The Morgan fingerprint density at radius 2 is 2.11 bits per heavy atom. The van der Waals surface area contributed by atoms with E-state index in [1.54, 1.807) is 0 Å². The standard InChI is InChI=1S/C16H17NS2/c1-11-7-12(2)17-16(8-11)19-10-13-9-18-15-6-4-3-5-14(13)15/h3-8,13H,9-10H2,1-2H3. The molecule has 0 aliphatic carbocycles. The molecule has 2 heterocycles. The van der Waals surface area contributed by atoms with Crippen molar-refractivity contribution >= 4 is 23.5 Å². The van der Waals surface area contributed by atoms with Crippen LogP contribution in [0.3, 0.4) is 0 Å². The lowest BCUT2D eigenvalue weighted by molar-refractivity contribution is 0.893. The summed E-state index contributed by atoms with van der Waals surface area (Å²) in [4.78, 5) is 6.07. The number of aromatic nitrogens is 1. The Bertz CT molecular complexity index is 575. The van der Waals surface area contributed by atoms with Crippen LogP contribution in [-0.2, 0) is 0 Å². The molecule has 0 saturated heterocycles. The second kappa shape index (κ2) is 5.59. The Morgan fingerprint density at radius 3 is 2.95 bits per heavy atom. The van der Waals surface area contributed by atoms with Gasteiger partial charge in [0.1, 0.15) is 0 Å². The number of rotatable bonds is 3. The molecule has 1 aromatic carbocycles. The molecular formula is C16H17NS2. The fourth-order valence-electron chi connectivity index (χ4n) is 2.43. The fourth-order valence-corrected chi connectivity index (χ4v) is 4.98. The van der Waals surface area contributed by atoms with Crippen LogP contribution in [0.2, 0.25) is 0 Å². The molecule has 0 N–H and O–H groups in total. The predicted octanol–water partition coefficient (Wildman–Crippen LogP) is 4.68. The lowest BCUT2D eigenvalue weighted by Crippen LogP contribution is -2.00. The fraction of sp³-hybridized carbons (Fsp3) is 0.312. The molecule has 19 heavy (non-hydrogen) atoms. The molecule has 98 valence electrons.